The van der Waals surface area contributed by atoms with Gasteiger partial charge in [-0.15, -0.1) is 0 Å². The summed E-state index contributed by atoms with van der Waals surface area (Å²) in [5, 5.41) is 0.757. The van der Waals surface area contributed by atoms with Crippen LogP contribution in [0.4, 0.5) is 0 Å². The van der Waals surface area contributed by atoms with Crippen molar-refractivity contribution < 1.29 is 9.53 Å². The van der Waals surface area contributed by atoms with E-state index in [0.29, 0.717) is 19.6 Å². The Kier molecular flexibility index (Phi) is 6.16. The number of benzene rings is 1. The van der Waals surface area contributed by atoms with Gasteiger partial charge in [0.15, 0.2) is 0 Å². The van der Waals surface area contributed by atoms with Crippen molar-refractivity contribution in [2.24, 2.45) is 0 Å². The quantitative estimate of drug-likeness (QED) is 0.742. The molecular weight excluding hydrogens is 250 g/mol. The zero-order valence-electron chi connectivity index (χ0n) is 11.1. The van der Waals surface area contributed by atoms with Crippen molar-refractivity contribution in [2.45, 2.75) is 26.3 Å². The number of carbonyl (C=O) groups is 1. The van der Waals surface area contributed by atoms with E-state index >= 15 is 0 Å². The maximum absolute atomic E-state index is 11.3. The Morgan fingerprint density at radius 2 is 2.11 bits per heavy atom. The molecular formula is C14H20ClNO2. The predicted molar refractivity (Wildman–Crippen MR) is 73.7 cm³/mol. The van der Waals surface area contributed by atoms with Gasteiger partial charge in [0.1, 0.15) is 0 Å². The van der Waals surface area contributed by atoms with Gasteiger partial charge in [-0.05, 0) is 32.5 Å². The fourth-order valence-corrected chi connectivity index (χ4v) is 2.04. The minimum absolute atomic E-state index is 0.157. The van der Waals surface area contributed by atoms with Gasteiger partial charge in [-0.1, -0.05) is 29.8 Å². The normalized spacial score (nSPS) is 12.5. The highest BCUT2D eigenvalue weighted by Gasteiger charge is 2.15. The van der Waals surface area contributed by atoms with Crippen LogP contribution in [0.25, 0.3) is 0 Å². The van der Waals surface area contributed by atoms with Crippen LogP contribution in [-0.4, -0.2) is 31.1 Å². The highest BCUT2D eigenvalue weighted by atomic mass is 35.5. The van der Waals surface area contributed by atoms with Crippen LogP contribution < -0.4 is 0 Å². The van der Waals surface area contributed by atoms with Crippen molar-refractivity contribution >= 4 is 17.6 Å². The van der Waals surface area contributed by atoms with Crippen LogP contribution in [0, 0.1) is 0 Å². The van der Waals surface area contributed by atoms with E-state index in [1.165, 1.54) is 0 Å². The molecule has 1 aromatic carbocycles. The van der Waals surface area contributed by atoms with Gasteiger partial charge in [0, 0.05) is 17.6 Å². The maximum atomic E-state index is 11.3. The van der Waals surface area contributed by atoms with E-state index in [4.69, 9.17) is 16.3 Å². The molecule has 100 valence electrons. The lowest BCUT2D eigenvalue weighted by molar-refractivity contribution is -0.143. The van der Waals surface area contributed by atoms with Crippen molar-refractivity contribution in [1.29, 1.82) is 0 Å². The molecule has 0 fully saturated rings. The van der Waals surface area contributed by atoms with Gasteiger partial charge < -0.3 is 4.74 Å². The topological polar surface area (TPSA) is 29.5 Å². The van der Waals surface area contributed by atoms with E-state index in [0.717, 1.165) is 10.6 Å². The Bertz CT molecular complexity index is 395. The number of carbonyl (C=O) groups excluding carboxylic acids is 1. The molecule has 0 heterocycles. The first-order valence-electron chi connectivity index (χ1n) is 6.16. The van der Waals surface area contributed by atoms with Gasteiger partial charge in [-0.3, -0.25) is 9.69 Å². The third kappa shape index (κ3) is 4.31. The summed E-state index contributed by atoms with van der Waals surface area (Å²) in [7, 11) is 1.98. The summed E-state index contributed by atoms with van der Waals surface area (Å²) >= 11 is 6.16. The second-order valence-electron chi connectivity index (χ2n) is 4.23. The lowest BCUT2D eigenvalue weighted by Crippen LogP contribution is -2.26. The van der Waals surface area contributed by atoms with Crippen molar-refractivity contribution in [3.05, 3.63) is 34.9 Å². The molecule has 1 unspecified atom stereocenters. The molecule has 0 bridgehead atoms. The molecule has 0 radical (unpaired) electrons. The summed E-state index contributed by atoms with van der Waals surface area (Å²) in [4.78, 5) is 13.4. The molecule has 18 heavy (non-hydrogen) atoms. The third-order valence-electron chi connectivity index (χ3n) is 2.99. The van der Waals surface area contributed by atoms with Crippen LogP contribution in [0.15, 0.2) is 24.3 Å². The van der Waals surface area contributed by atoms with E-state index in [2.05, 4.69) is 11.8 Å². The Hall–Kier alpha value is -1.06. The Balaban J connectivity index is 2.54. The largest absolute Gasteiger partial charge is 0.466 e. The predicted octanol–water partition coefficient (Wildman–Crippen LogP) is 3.29. The first-order chi connectivity index (χ1) is 8.56. The molecule has 0 aromatic heterocycles. The smallest absolute Gasteiger partial charge is 0.307 e. The minimum Gasteiger partial charge on any atom is -0.466 e. The second-order valence-corrected chi connectivity index (χ2v) is 4.64. The molecule has 0 N–H and O–H groups in total. The average molecular weight is 270 g/mol. The van der Waals surface area contributed by atoms with E-state index in [1.807, 2.05) is 38.2 Å². The molecule has 4 heteroatoms. The van der Waals surface area contributed by atoms with E-state index in [1.54, 1.807) is 0 Å². The number of ether oxygens (including phenoxy) is 1. The molecule has 3 nitrogen and oxygen atoms in total. The van der Waals surface area contributed by atoms with E-state index in [-0.39, 0.29) is 12.0 Å². The lowest BCUT2D eigenvalue weighted by Gasteiger charge is -2.25. The minimum atomic E-state index is -0.157. The van der Waals surface area contributed by atoms with Crippen LogP contribution in [0.5, 0.6) is 0 Å². The molecule has 0 aliphatic carbocycles. The van der Waals surface area contributed by atoms with Gasteiger partial charge in [0.25, 0.3) is 0 Å². The molecule has 0 saturated heterocycles. The molecule has 0 aliphatic rings. The number of rotatable bonds is 6. The molecule has 1 atom stereocenters. The molecule has 1 aromatic rings. The van der Waals surface area contributed by atoms with Crippen LogP contribution in [0.1, 0.15) is 31.9 Å². The summed E-state index contributed by atoms with van der Waals surface area (Å²) in [6.07, 6.45) is 0.402. The van der Waals surface area contributed by atoms with Gasteiger partial charge in [-0.2, -0.15) is 0 Å². The first kappa shape index (κ1) is 15.0. The standard InChI is InChI=1S/C14H20ClNO2/c1-4-18-14(17)9-10-16(3)11(2)12-7-5-6-8-13(12)15/h5-8,11H,4,9-10H2,1-3H3. The molecule has 0 aliphatic heterocycles. The second kappa shape index (κ2) is 7.39. The maximum Gasteiger partial charge on any atom is 0.307 e. The highest BCUT2D eigenvalue weighted by molar-refractivity contribution is 6.31. The van der Waals surface area contributed by atoms with Crippen LogP contribution in [0.2, 0.25) is 5.02 Å². The first-order valence-corrected chi connectivity index (χ1v) is 6.54. The highest BCUT2D eigenvalue weighted by Crippen LogP contribution is 2.26. The average Bonchev–Trinajstić information content (AvgIpc) is 2.36. The SMILES string of the molecule is CCOC(=O)CCN(C)C(C)c1ccccc1Cl. The monoisotopic (exact) mass is 269 g/mol. The van der Waals surface area contributed by atoms with Crippen molar-refractivity contribution in [1.82, 2.24) is 4.90 Å². The number of esters is 1. The third-order valence-corrected chi connectivity index (χ3v) is 3.33. The Labute approximate surface area is 114 Å². The number of nitrogens with zero attached hydrogens (tertiary/aromatic N) is 1. The molecule has 1 rings (SSSR count). The fraction of sp³-hybridized carbons (Fsp3) is 0.500. The van der Waals surface area contributed by atoms with Crippen LogP contribution in [-0.2, 0) is 9.53 Å². The van der Waals surface area contributed by atoms with E-state index in [9.17, 15) is 4.79 Å². The summed E-state index contributed by atoms with van der Waals surface area (Å²) in [5.41, 5.74) is 1.07. The zero-order chi connectivity index (χ0) is 13.5. The number of hydrogen-bond acceptors (Lipinski definition) is 3. The van der Waals surface area contributed by atoms with Crippen molar-refractivity contribution in [2.75, 3.05) is 20.2 Å². The van der Waals surface area contributed by atoms with Crippen molar-refractivity contribution in [3.8, 4) is 0 Å². The molecule has 0 amide bonds. The van der Waals surface area contributed by atoms with Crippen molar-refractivity contribution in [3.63, 3.8) is 0 Å². The van der Waals surface area contributed by atoms with Gasteiger partial charge >= 0.3 is 5.97 Å². The zero-order valence-corrected chi connectivity index (χ0v) is 11.9. The summed E-state index contributed by atoms with van der Waals surface area (Å²) < 4.78 is 4.91. The van der Waals surface area contributed by atoms with Gasteiger partial charge in [-0.25, -0.2) is 0 Å². The van der Waals surface area contributed by atoms with Gasteiger partial charge in [0.05, 0.1) is 13.0 Å². The van der Waals surface area contributed by atoms with Crippen LogP contribution >= 0.6 is 11.6 Å². The molecule has 0 saturated carbocycles. The number of halogens is 1. The van der Waals surface area contributed by atoms with Crippen LogP contribution in [0.3, 0.4) is 0 Å². The van der Waals surface area contributed by atoms with Gasteiger partial charge in [0.2, 0.25) is 0 Å². The Morgan fingerprint density at radius 3 is 2.72 bits per heavy atom. The summed E-state index contributed by atoms with van der Waals surface area (Å²) in [6, 6.07) is 7.95. The summed E-state index contributed by atoms with van der Waals surface area (Å²) in [5.74, 6) is -0.157. The molecule has 0 spiro atoms. The lowest BCUT2D eigenvalue weighted by atomic mass is 10.1. The van der Waals surface area contributed by atoms with E-state index < -0.39 is 0 Å². The fourth-order valence-electron chi connectivity index (χ4n) is 1.75. The Morgan fingerprint density at radius 1 is 1.44 bits per heavy atom. The summed E-state index contributed by atoms with van der Waals surface area (Å²) in [6.45, 7) is 4.98. The number of hydrogen-bond donors (Lipinski definition) is 0.